The summed E-state index contributed by atoms with van der Waals surface area (Å²) >= 11 is 0. The second-order valence-corrected chi connectivity index (χ2v) is 11.3. The maximum atomic E-state index is 14.1. The van der Waals surface area contributed by atoms with Crippen molar-refractivity contribution in [3.05, 3.63) is 46.3 Å². The molecule has 3 fully saturated rings. The van der Waals surface area contributed by atoms with Crippen LogP contribution >= 0.6 is 0 Å². The first kappa shape index (κ1) is 24.4. The third kappa shape index (κ3) is 4.21. The Morgan fingerprint density at radius 3 is 2.73 bits per heavy atom. The van der Waals surface area contributed by atoms with E-state index in [-0.39, 0.29) is 36.9 Å². The molecule has 1 saturated carbocycles. The van der Waals surface area contributed by atoms with Gasteiger partial charge in [0.25, 0.3) is 5.91 Å². The van der Waals surface area contributed by atoms with E-state index in [0.29, 0.717) is 18.8 Å². The van der Waals surface area contributed by atoms with Crippen molar-refractivity contribution in [3.63, 3.8) is 0 Å². The number of likely N-dealkylation sites (tertiary alicyclic amines) is 1. The van der Waals surface area contributed by atoms with Crippen molar-refractivity contribution in [2.45, 2.75) is 76.7 Å². The van der Waals surface area contributed by atoms with Gasteiger partial charge in [-0.05, 0) is 69.6 Å². The number of piperidine rings is 1. The number of hydrogen-bond donors (Lipinski definition) is 1. The van der Waals surface area contributed by atoms with Crippen LogP contribution in [0.2, 0.25) is 0 Å². The first-order chi connectivity index (χ1) is 17.8. The molecule has 0 bridgehead atoms. The van der Waals surface area contributed by atoms with Crippen molar-refractivity contribution in [3.8, 4) is 0 Å². The summed E-state index contributed by atoms with van der Waals surface area (Å²) in [6.45, 7) is 6.94. The van der Waals surface area contributed by atoms with Gasteiger partial charge in [0.05, 0.1) is 18.2 Å². The molecule has 2 amide bonds. The van der Waals surface area contributed by atoms with Crippen LogP contribution in [0, 0.1) is 13.8 Å². The Morgan fingerprint density at radius 2 is 1.97 bits per heavy atom. The summed E-state index contributed by atoms with van der Waals surface area (Å²) in [6.07, 6.45) is 2.24. The molecule has 0 radical (unpaired) electrons. The molecule has 2 unspecified atom stereocenters. The van der Waals surface area contributed by atoms with Crippen LogP contribution in [0.5, 0.6) is 0 Å². The van der Waals surface area contributed by atoms with Gasteiger partial charge in [-0.2, -0.15) is 5.10 Å². The standard InChI is InChI=1S/C28H36FN5O3/c1-18-5-3-7-22(19(18)2)32-13-14-33(28(17-32)10-11-28)25(36)16-34-23-8-4-6-20(23)26(30-34)27(37)31-12-9-24(35)21(29)15-31/h3,5,7,21,24,35H,4,6,8-17H2,1-2H3. The molecule has 1 N–H and O–H groups in total. The zero-order chi connectivity index (χ0) is 25.9. The molecule has 4 aliphatic rings. The summed E-state index contributed by atoms with van der Waals surface area (Å²) in [4.78, 5) is 32.8. The fraction of sp³-hybridized carbons (Fsp3) is 0.607. The van der Waals surface area contributed by atoms with Gasteiger partial charge in [0.2, 0.25) is 5.91 Å². The molecule has 8 nitrogen and oxygen atoms in total. The first-order valence-electron chi connectivity index (χ1n) is 13.6. The Kier molecular flexibility index (Phi) is 6.01. The van der Waals surface area contributed by atoms with Crippen molar-refractivity contribution in [2.24, 2.45) is 0 Å². The molecule has 198 valence electrons. The van der Waals surface area contributed by atoms with Crippen molar-refractivity contribution in [2.75, 3.05) is 37.6 Å². The number of fused-ring (bicyclic) bond motifs is 1. The number of rotatable bonds is 4. The fourth-order valence-corrected chi connectivity index (χ4v) is 6.47. The third-order valence-electron chi connectivity index (χ3n) is 8.98. The lowest BCUT2D eigenvalue weighted by Crippen LogP contribution is -2.58. The van der Waals surface area contributed by atoms with E-state index < -0.39 is 12.3 Å². The third-order valence-corrected chi connectivity index (χ3v) is 8.98. The Bertz CT molecular complexity index is 1240. The smallest absolute Gasteiger partial charge is 0.274 e. The van der Waals surface area contributed by atoms with Gasteiger partial charge in [-0.1, -0.05) is 12.1 Å². The van der Waals surface area contributed by atoms with Crippen LogP contribution < -0.4 is 4.90 Å². The van der Waals surface area contributed by atoms with Crippen molar-refractivity contribution >= 4 is 17.5 Å². The summed E-state index contributed by atoms with van der Waals surface area (Å²) in [7, 11) is 0. The number of benzene rings is 1. The zero-order valence-electron chi connectivity index (χ0n) is 21.7. The van der Waals surface area contributed by atoms with Gasteiger partial charge >= 0.3 is 0 Å². The molecule has 2 atom stereocenters. The SMILES string of the molecule is Cc1cccc(N2CCN(C(=O)Cn3nc(C(=O)N4CCC(O)C(F)C4)c4c3CCC4)C3(CC3)C2)c1C. The van der Waals surface area contributed by atoms with Crippen LogP contribution in [0.25, 0.3) is 0 Å². The number of aryl methyl sites for hydroxylation is 1. The zero-order valence-corrected chi connectivity index (χ0v) is 21.7. The second kappa shape index (κ2) is 9.11. The molecular weight excluding hydrogens is 473 g/mol. The molecule has 37 heavy (non-hydrogen) atoms. The van der Waals surface area contributed by atoms with Gasteiger partial charge in [0.15, 0.2) is 5.69 Å². The van der Waals surface area contributed by atoms with Crippen LogP contribution in [-0.4, -0.2) is 87.0 Å². The van der Waals surface area contributed by atoms with Crippen LogP contribution in [0.3, 0.4) is 0 Å². The number of aliphatic hydroxyl groups is 1. The lowest BCUT2D eigenvalue weighted by molar-refractivity contribution is -0.135. The van der Waals surface area contributed by atoms with Gasteiger partial charge in [0.1, 0.15) is 12.7 Å². The minimum absolute atomic E-state index is 0.0548. The van der Waals surface area contributed by atoms with E-state index >= 15 is 0 Å². The molecule has 1 aromatic carbocycles. The average molecular weight is 510 g/mol. The Balaban J connectivity index is 1.18. The number of piperazine rings is 1. The Hall–Kier alpha value is -2.94. The predicted octanol–water partition coefficient (Wildman–Crippen LogP) is 2.41. The summed E-state index contributed by atoms with van der Waals surface area (Å²) in [6, 6.07) is 6.42. The summed E-state index contributed by atoms with van der Waals surface area (Å²) in [5, 5.41) is 14.3. The molecule has 1 aromatic heterocycles. The van der Waals surface area contributed by atoms with Crippen LogP contribution in [0.15, 0.2) is 18.2 Å². The van der Waals surface area contributed by atoms with E-state index in [1.54, 1.807) is 4.68 Å². The van der Waals surface area contributed by atoms with Crippen molar-refractivity contribution in [1.82, 2.24) is 19.6 Å². The second-order valence-electron chi connectivity index (χ2n) is 11.3. The van der Waals surface area contributed by atoms with E-state index in [0.717, 1.165) is 56.5 Å². The average Bonchev–Trinajstić information content (AvgIpc) is 3.32. The largest absolute Gasteiger partial charge is 0.390 e. The number of aliphatic hydroxyl groups excluding tert-OH is 1. The highest BCUT2D eigenvalue weighted by Crippen LogP contribution is 2.45. The molecule has 9 heteroatoms. The highest BCUT2D eigenvalue weighted by molar-refractivity contribution is 5.94. The highest BCUT2D eigenvalue weighted by atomic mass is 19.1. The van der Waals surface area contributed by atoms with E-state index in [2.05, 4.69) is 46.9 Å². The van der Waals surface area contributed by atoms with Gasteiger partial charge < -0.3 is 19.8 Å². The minimum atomic E-state index is -1.44. The first-order valence-corrected chi connectivity index (χ1v) is 13.6. The van der Waals surface area contributed by atoms with Crippen LogP contribution in [-0.2, 0) is 24.2 Å². The van der Waals surface area contributed by atoms with Gasteiger partial charge in [-0.15, -0.1) is 0 Å². The number of aromatic nitrogens is 2. The molecule has 2 aliphatic heterocycles. The fourth-order valence-electron chi connectivity index (χ4n) is 6.47. The van der Waals surface area contributed by atoms with Crippen molar-refractivity contribution < 1.29 is 19.1 Å². The van der Waals surface area contributed by atoms with Crippen LogP contribution in [0.1, 0.15) is 58.6 Å². The number of amides is 2. The van der Waals surface area contributed by atoms with E-state index in [4.69, 9.17) is 0 Å². The quantitative estimate of drug-likeness (QED) is 0.685. The van der Waals surface area contributed by atoms with Gasteiger partial charge in [0, 0.05) is 43.1 Å². The topological polar surface area (TPSA) is 81.9 Å². The molecule has 2 aliphatic carbocycles. The van der Waals surface area contributed by atoms with E-state index in [9.17, 15) is 19.1 Å². The Morgan fingerprint density at radius 1 is 1.16 bits per heavy atom. The number of halogens is 1. The molecule has 2 saturated heterocycles. The summed E-state index contributed by atoms with van der Waals surface area (Å²) in [5.74, 6) is -0.237. The predicted molar refractivity (Wildman–Crippen MR) is 137 cm³/mol. The molecule has 1 spiro atoms. The maximum Gasteiger partial charge on any atom is 0.274 e. The molecule has 2 aromatic rings. The monoisotopic (exact) mass is 509 g/mol. The molecular formula is C28H36FN5O3. The van der Waals surface area contributed by atoms with E-state index in [1.807, 2.05) is 0 Å². The van der Waals surface area contributed by atoms with Gasteiger partial charge in [-0.3, -0.25) is 14.3 Å². The number of carbonyl (C=O) groups is 2. The summed E-state index contributed by atoms with van der Waals surface area (Å²) < 4.78 is 15.8. The number of alkyl halides is 1. The Labute approximate surface area is 217 Å². The summed E-state index contributed by atoms with van der Waals surface area (Å²) in [5.41, 5.74) is 5.93. The number of carbonyl (C=O) groups excluding carboxylic acids is 2. The molecule has 3 heterocycles. The lowest BCUT2D eigenvalue weighted by atomic mass is 10.0. The normalized spacial score (nSPS) is 24.5. The number of nitrogens with zero attached hydrogens (tertiary/aromatic N) is 5. The number of anilines is 1. The van der Waals surface area contributed by atoms with E-state index in [1.165, 1.54) is 21.7 Å². The number of hydrogen-bond acceptors (Lipinski definition) is 5. The van der Waals surface area contributed by atoms with Crippen molar-refractivity contribution in [1.29, 1.82) is 0 Å². The molecule has 6 rings (SSSR count). The maximum absolute atomic E-state index is 14.1. The minimum Gasteiger partial charge on any atom is -0.390 e. The van der Waals surface area contributed by atoms with Gasteiger partial charge in [-0.25, -0.2) is 4.39 Å². The van der Waals surface area contributed by atoms with Crippen LogP contribution in [0.4, 0.5) is 10.1 Å². The highest BCUT2D eigenvalue weighted by Gasteiger charge is 2.53. The lowest BCUT2D eigenvalue weighted by Gasteiger charge is -2.44.